The number of aryl methyl sites for hydroxylation is 1. The van der Waals surface area contributed by atoms with Crippen molar-refractivity contribution in [1.82, 2.24) is 14.9 Å². The van der Waals surface area contributed by atoms with Crippen LogP contribution in [0.4, 0.5) is 5.69 Å². The van der Waals surface area contributed by atoms with Crippen LogP contribution in [0.3, 0.4) is 0 Å². The number of pyridine rings is 1. The fourth-order valence-electron chi connectivity index (χ4n) is 3.29. The molecule has 1 aliphatic rings. The van der Waals surface area contributed by atoms with Gasteiger partial charge in [-0.2, -0.15) is 0 Å². The normalized spacial score (nSPS) is 15.4. The molecule has 0 bridgehead atoms. The smallest absolute Gasteiger partial charge is 0.146 e. The summed E-state index contributed by atoms with van der Waals surface area (Å²) in [5.74, 6) is 0. The monoisotopic (exact) mass is 292 g/mol. The molecule has 1 fully saturated rings. The molecule has 0 saturated carbocycles. The highest BCUT2D eigenvalue weighted by Crippen LogP contribution is 2.30. The van der Waals surface area contributed by atoms with Gasteiger partial charge >= 0.3 is 0 Å². The van der Waals surface area contributed by atoms with Crippen molar-refractivity contribution in [3.05, 3.63) is 54.4 Å². The third-order valence-electron chi connectivity index (χ3n) is 4.34. The largest absolute Gasteiger partial charge is 0.368 e. The molecule has 3 heterocycles. The van der Waals surface area contributed by atoms with Crippen LogP contribution >= 0.6 is 0 Å². The van der Waals surface area contributed by atoms with Gasteiger partial charge in [-0.3, -0.25) is 4.57 Å². The molecule has 4 nitrogen and oxygen atoms in total. The summed E-state index contributed by atoms with van der Waals surface area (Å²) in [4.78, 5) is 7.11. The summed E-state index contributed by atoms with van der Waals surface area (Å²) in [5, 5.41) is 4.65. The fourth-order valence-corrected chi connectivity index (χ4v) is 3.29. The lowest BCUT2D eigenvalue weighted by molar-refractivity contribution is 0.590. The molecule has 22 heavy (non-hydrogen) atoms. The van der Waals surface area contributed by atoms with Crippen LogP contribution in [0, 0.1) is 6.92 Å². The van der Waals surface area contributed by atoms with E-state index in [0.29, 0.717) is 0 Å². The fraction of sp³-hybridized carbons (Fsp3) is 0.278. The molecule has 3 aromatic rings. The number of nitrogens with one attached hydrogen (secondary N) is 1. The highest BCUT2D eigenvalue weighted by Gasteiger charge is 2.17. The molecule has 112 valence electrons. The van der Waals surface area contributed by atoms with E-state index in [1.807, 2.05) is 12.3 Å². The van der Waals surface area contributed by atoms with Gasteiger partial charge in [-0.1, -0.05) is 18.2 Å². The van der Waals surface area contributed by atoms with Gasteiger partial charge in [-0.15, -0.1) is 0 Å². The molecule has 0 unspecified atom stereocenters. The van der Waals surface area contributed by atoms with Gasteiger partial charge in [0.2, 0.25) is 0 Å². The van der Waals surface area contributed by atoms with Crippen LogP contribution in [0.25, 0.3) is 16.7 Å². The second kappa shape index (κ2) is 5.46. The van der Waals surface area contributed by atoms with Gasteiger partial charge in [0.15, 0.2) is 0 Å². The molecule has 0 amide bonds. The highest BCUT2D eigenvalue weighted by molar-refractivity contribution is 5.92. The standard InChI is InChI=1S/C18H20N4/c1-14-13-16-17(21-11-9-19-10-12-21)7-8-20-18(16)22(14)15-5-3-2-4-6-15/h2-8,13,19H,9-12H2,1H3. The summed E-state index contributed by atoms with van der Waals surface area (Å²) in [6, 6.07) is 14.8. The topological polar surface area (TPSA) is 33.1 Å². The minimum Gasteiger partial charge on any atom is -0.368 e. The molecule has 0 spiro atoms. The molecule has 1 saturated heterocycles. The SMILES string of the molecule is Cc1cc2c(N3CCNCC3)ccnc2n1-c1ccccc1. The lowest BCUT2D eigenvalue weighted by Crippen LogP contribution is -2.43. The van der Waals surface area contributed by atoms with Crippen molar-refractivity contribution < 1.29 is 0 Å². The van der Waals surface area contributed by atoms with Crippen molar-refractivity contribution in [2.24, 2.45) is 0 Å². The quantitative estimate of drug-likeness (QED) is 0.788. The van der Waals surface area contributed by atoms with Crippen LogP contribution in [0.1, 0.15) is 5.69 Å². The Bertz CT molecular complexity index is 785. The van der Waals surface area contributed by atoms with Crippen LogP contribution in [0.15, 0.2) is 48.7 Å². The first-order valence-electron chi connectivity index (χ1n) is 7.83. The van der Waals surface area contributed by atoms with Crippen LogP contribution in [0.2, 0.25) is 0 Å². The second-order valence-electron chi connectivity index (χ2n) is 5.76. The summed E-state index contributed by atoms with van der Waals surface area (Å²) in [6.45, 7) is 6.34. The molecule has 0 aliphatic carbocycles. The zero-order valence-corrected chi connectivity index (χ0v) is 12.8. The Hall–Kier alpha value is -2.33. The number of anilines is 1. The molecular weight excluding hydrogens is 272 g/mol. The average molecular weight is 292 g/mol. The summed E-state index contributed by atoms with van der Waals surface area (Å²) >= 11 is 0. The van der Waals surface area contributed by atoms with Gasteiger partial charge < -0.3 is 10.2 Å². The van der Waals surface area contributed by atoms with Crippen molar-refractivity contribution in [2.75, 3.05) is 31.1 Å². The maximum Gasteiger partial charge on any atom is 0.146 e. The Morgan fingerprint density at radius 2 is 1.82 bits per heavy atom. The van der Waals surface area contributed by atoms with Crippen molar-refractivity contribution in [2.45, 2.75) is 6.92 Å². The summed E-state index contributed by atoms with van der Waals surface area (Å²) in [7, 11) is 0. The number of para-hydroxylation sites is 1. The van der Waals surface area contributed by atoms with E-state index in [2.05, 4.69) is 63.1 Å². The summed E-state index contributed by atoms with van der Waals surface area (Å²) in [6.07, 6.45) is 1.93. The molecule has 4 heteroatoms. The minimum atomic E-state index is 1.04. The highest BCUT2D eigenvalue weighted by atomic mass is 15.2. The number of fused-ring (bicyclic) bond motifs is 1. The van der Waals surface area contributed by atoms with Crippen LogP contribution in [-0.2, 0) is 0 Å². The molecule has 1 aromatic carbocycles. The Morgan fingerprint density at radius 1 is 1.05 bits per heavy atom. The summed E-state index contributed by atoms with van der Waals surface area (Å²) < 4.78 is 2.24. The first-order valence-corrected chi connectivity index (χ1v) is 7.83. The third kappa shape index (κ3) is 2.16. The zero-order chi connectivity index (χ0) is 14.9. The van der Waals surface area contributed by atoms with E-state index in [0.717, 1.165) is 31.8 Å². The zero-order valence-electron chi connectivity index (χ0n) is 12.8. The number of hydrogen-bond acceptors (Lipinski definition) is 3. The predicted molar refractivity (Wildman–Crippen MR) is 90.9 cm³/mol. The molecule has 0 atom stereocenters. The maximum absolute atomic E-state index is 4.65. The van der Waals surface area contributed by atoms with Crippen molar-refractivity contribution in [3.63, 3.8) is 0 Å². The lowest BCUT2D eigenvalue weighted by Gasteiger charge is -2.29. The van der Waals surface area contributed by atoms with E-state index < -0.39 is 0 Å². The van der Waals surface area contributed by atoms with Crippen molar-refractivity contribution in [3.8, 4) is 5.69 Å². The van der Waals surface area contributed by atoms with Gasteiger partial charge in [-0.05, 0) is 31.2 Å². The number of benzene rings is 1. The van der Waals surface area contributed by atoms with E-state index in [4.69, 9.17) is 0 Å². The first-order chi connectivity index (χ1) is 10.8. The van der Waals surface area contributed by atoms with E-state index in [-0.39, 0.29) is 0 Å². The Balaban J connectivity index is 1.89. The van der Waals surface area contributed by atoms with Gasteiger partial charge in [0.1, 0.15) is 5.65 Å². The Morgan fingerprint density at radius 3 is 2.59 bits per heavy atom. The predicted octanol–water partition coefficient (Wildman–Crippen LogP) is 2.74. The number of nitrogens with zero attached hydrogens (tertiary/aromatic N) is 3. The van der Waals surface area contributed by atoms with Crippen molar-refractivity contribution in [1.29, 1.82) is 0 Å². The molecule has 0 radical (unpaired) electrons. The summed E-state index contributed by atoms with van der Waals surface area (Å²) in [5.41, 5.74) is 4.72. The van der Waals surface area contributed by atoms with Gasteiger partial charge in [0, 0.05) is 54.8 Å². The van der Waals surface area contributed by atoms with Crippen LogP contribution < -0.4 is 10.2 Å². The minimum absolute atomic E-state index is 1.04. The van der Waals surface area contributed by atoms with Gasteiger partial charge in [0.05, 0.1) is 0 Å². The van der Waals surface area contributed by atoms with E-state index in [1.54, 1.807) is 0 Å². The van der Waals surface area contributed by atoms with E-state index >= 15 is 0 Å². The van der Waals surface area contributed by atoms with Crippen molar-refractivity contribution >= 4 is 16.7 Å². The average Bonchev–Trinajstić information content (AvgIpc) is 2.92. The first kappa shape index (κ1) is 13.3. The Labute approximate surface area is 130 Å². The molecule has 2 aromatic heterocycles. The Kier molecular flexibility index (Phi) is 3.31. The molecular formula is C18H20N4. The van der Waals surface area contributed by atoms with E-state index in [9.17, 15) is 0 Å². The lowest BCUT2D eigenvalue weighted by atomic mass is 10.2. The number of aromatic nitrogens is 2. The van der Waals surface area contributed by atoms with E-state index in [1.165, 1.54) is 22.5 Å². The third-order valence-corrected chi connectivity index (χ3v) is 4.34. The van der Waals surface area contributed by atoms with Gasteiger partial charge in [0.25, 0.3) is 0 Å². The molecule has 1 aliphatic heterocycles. The van der Waals surface area contributed by atoms with Crippen LogP contribution in [0.5, 0.6) is 0 Å². The number of hydrogen-bond donors (Lipinski definition) is 1. The number of rotatable bonds is 2. The molecule has 1 N–H and O–H groups in total. The van der Waals surface area contributed by atoms with Crippen LogP contribution in [-0.4, -0.2) is 35.7 Å². The molecule has 4 rings (SSSR count). The second-order valence-corrected chi connectivity index (χ2v) is 5.76. The maximum atomic E-state index is 4.65. The number of piperazine rings is 1. The van der Waals surface area contributed by atoms with Gasteiger partial charge in [-0.25, -0.2) is 4.98 Å².